The Morgan fingerprint density at radius 3 is 2.27 bits per heavy atom. The number of halogens is 3. The SMILES string of the molecule is CC1(C)OB(C(=Cc2nc(C(F)(F)F)cs2)CS)OC1(C)C. The summed E-state index contributed by atoms with van der Waals surface area (Å²) in [5.41, 5.74) is -1.28. The van der Waals surface area contributed by atoms with Crippen LogP contribution in [0.5, 0.6) is 0 Å². The predicted molar refractivity (Wildman–Crippen MR) is 85.0 cm³/mol. The van der Waals surface area contributed by atoms with Gasteiger partial charge in [0, 0.05) is 11.1 Å². The molecular weight excluding hydrogens is 334 g/mol. The van der Waals surface area contributed by atoms with Gasteiger partial charge in [0.15, 0.2) is 5.69 Å². The normalized spacial score (nSPS) is 21.5. The Balaban J connectivity index is 2.24. The van der Waals surface area contributed by atoms with Crippen LogP contribution in [0, 0.1) is 0 Å². The molecule has 122 valence electrons. The van der Waals surface area contributed by atoms with Gasteiger partial charge in [0.25, 0.3) is 0 Å². The van der Waals surface area contributed by atoms with Crippen LogP contribution in [0.25, 0.3) is 6.08 Å². The molecule has 1 fully saturated rings. The molecule has 0 saturated carbocycles. The van der Waals surface area contributed by atoms with Gasteiger partial charge < -0.3 is 9.31 Å². The molecule has 0 amide bonds. The number of rotatable bonds is 3. The average Bonchev–Trinajstić information content (AvgIpc) is 2.89. The quantitative estimate of drug-likeness (QED) is 0.657. The number of nitrogens with zero attached hydrogens (tertiary/aromatic N) is 1. The fourth-order valence-corrected chi connectivity index (χ4v) is 2.85. The molecule has 1 aromatic rings. The van der Waals surface area contributed by atoms with Crippen molar-refractivity contribution in [3.8, 4) is 0 Å². The van der Waals surface area contributed by atoms with Gasteiger partial charge in [0.2, 0.25) is 0 Å². The molecule has 0 atom stereocenters. The Hall–Kier alpha value is -0.505. The van der Waals surface area contributed by atoms with Crippen molar-refractivity contribution in [2.45, 2.75) is 45.1 Å². The van der Waals surface area contributed by atoms with E-state index in [0.29, 0.717) is 11.2 Å². The van der Waals surface area contributed by atoms with Crippen molar-refractivity contribution in [3.63, 3.8) is 0 Å². The summed E-state index contributed by atoms with van der Waals surface area (Å²) in [4.78, 5) is 3.59. The topological polar surface area (TPSA) is 31.4 Å². The standard InChI is InChI=1S/C13H17BF3NO2S2/c1-11(2)12(3,4)20-14(19-11)8(6-21)5-10-18-9(7-22-10)13(15,16)17/h5,7,21H,6H2,1-4H3. The second kappa shape index (κ2) is 5.85. The van der Waals surface area contributed by atoms with Gasteiger partial charge in [-0.05, 0) is 39.2 Å². The molecule has 0 bridgehead atoms. The lowest BCUT2D eigenvalue weighted by Gasteiger charge is -2.32. The molecule has 0 spiro atoms. The molecule has 1 aliphatic rings. The molecule has 9 heteroatoms. The largest absolute Gasteiger partial charge is 0.491 e. The second-order valence-corrected chi connectivity index (χ2v) is 7.24. The smallest absolute Gasteiger partial charge is 0.400 e. The van der Waals surface area contributed by atoms with E-state index < -0.39 is 30.2 Å². The molecule has 1 saturated heterocycles. The van der Waals surface area contributed by atoms with Crippen molar-refractivity contribution in [1.29, 1.82) is 0 Å². The Morgan fingerprint density at radius 2 is 1.86 bits per heavy atom. The van der Waals surface area contributed by atoms with Gasteiger partial charge in [0.05, 0.1) is 11.2 Å². The van der Waals surface area contributed by atoms with Gasteiger partial charge in [-0.3, -0.25) is 0 Å². The first kappa shape index (κ1) is 17.8. The minimum absolute atomic E-state index is 0.256. The lowest BCUT2D eigenvalue weighted by atomic mass is 9.79. The van der Waals surface area contributed by atoms with E-state index >= 15 is 0 Å². The zero-order valence-electron chi connectivity index (χ0n) is 12.7. The zero-order chi connectivity index (χ0) is 16.8. The van der Waals surface area contributed by atoms with Gasteiger partial charge >= 0.3 is 13.3 Å². The van der Waals surface area contributed by atoms with Crippen LogP contribution >= 0.6 is 24.0 Å². The number of thiol groups is 1. The van der Waals surface area contributed by atoms with Crippen molar-refractivity contribution in [3.05, 3.63) is 21.6 Å². The molecular formula is C13H17BF3NO2S2. The summed E-state index contributed by atoms with van der Waals surface area (Å²) in [7, 11) is -0.638. The van der Waals surface area contributed by atoms with Crippen LogP contribution in [-0.4, -0.2) is 29.1 Å². The van der Waals surface area contributed by atoms with Crippen LogP contribution in [0.3, 0.4) is 0 Å². The minimum atomic E-state index is -4.44. The lowest BCUT2D eigenvalue weighted by Crippen LogP contribution is -2.41. The summed E-state index contributed by atoms with van der Waals surface area (Å²) in [6, 6.07) is 0. The van der Waals surface area contributed by atoms with Crippen LogP contribution in [-0.2, 0) is 15.5 Å². The highest BCUT2D eigenvalue weighted by atomic mass is 32.1. The fourth-order valence-electron chi connectivity index (χ4n) is 1.83. The Labute approximate surface area is 137 Å². The van der Waals surface area contributed by atoms with Crippen LogP contribution in [0.4, 0.5) is 13.2 Å². The fraction of sp³-hybridized carbons (Fsp3) is 0.615. The van der Waals surface area contributed by atoms with Gasteiger partial charge in [-0.1, -0.05) is 0 Å². The summed E-state index contributed by atoms with van der Waals surface area (Å²) in [6.45, 7) is 7.64. The monoisotopic (exact) mass is 351 g/mol. The Kier molecular flexibility index (Phi) is 4.74. The second-order valence-electron chi connectivity index (χ2n) is 6.03. The number of thiazole rings is 1. The summed E-state index contributed by atoms with van der Waals surface area (Å²) in [5.74, 6) is 0.303. The molecule has 3 nitrogen and oxygen atoms in total. The first-order chi connectivity index (χ1) is 9.96. The van der Waals surface area contributed by atoms with Crippen LogP contribution in [0.15, 0.2) is 10.9 Å². The van der Waals surface area contributed by atoms with Crippen molar-refractivity contribution in [2.75, 3.05) is 5.75 Å². The summed E-state index contributed by atoms with van der Waals surface area (Å²) in [6.07, 6.45) is -2.89. The highest BCUT2D eigenvalue weighted by Crippen LogP contribution is 2.39. The van der Waals surface area contributed by atoms with Crippen LogP contribution < -0.4 is 0 Å². The Bertz CT molecular complexity index is 568. The van der Waals surface area contributed by atoms with Crippen LogP contribution in [0.2, 0.25) is 0 Å². The average molecular weight is 351 g/mol. The van der Waals surface area contributed by atoms with E-state index in [4.69, 9.17) is 9.31 Å². The molecule has 0 aromatic carbocycles. The van der Waals surface area contributed by atoms with Gasteiger partial charge in [-0.15, -0.1) is 11.3 Å². The molecule has 0 radical (unpaired) electrons. The number of alkyl halides is 3. The molecule has 22 heavy (non-hydrogen) atoms. The highest BCUT2D eigenvalue weighted by Gasteiger charge is 2.52. The Morgan fingerprint density at radius 1 is 1.32 bits per heavy atom. The van der Waals surface area contributed by atoms with Crippen molar-refractivity contribution >= 4 is 37.2 Å². The summed E-state index contributed by atoms with van der Waals surface area (Å²) >= 11 is 5.15. The van der Waals surface area contributed by atoms with Crippen molar-refractivity contribution in [2.24, 2.45) is 0 Å². The van der Waals surface area contributed by atoms with E-state index in [0.717, 1.165) is 16.7 Å². The van der Waals surface area contributed by atoms with Gasteiger partial charge in [-0.2, -0.15) is 25.8 Å². The minimum Gasteiger partial charge on any atom is -0.400 e. The van der Waals surface area contributed by atoms with E-state index in [9.17, 15) is 13.2 Å². The molecule has 0 N–H and O–H groups in total. The third kappa shape index (κ3) is 3.52. The van der Waals surface area contributed by atoms with Crippen molar-refractivity contribution in [1.82, 2.24) is 4.98 Å². The molecule has 2 heterocycles. The third-order valence-electron chi connectivity index (χ3n) is 3.86. The molecule has 0 unspecified atom stereocenters. The first-order valence-electron chi connectivity index (χ1n) is 6.66. The summed E-state index contributed by atoms with van der Waals surface area (Å²) in [5, 5.41) is 1.25. The molecule has 0 aliphatic carbocycles. The number of hydrogen-bond acceptors (Lipinski definition) is 5. The first-order valence-corrected chi connectivity index (χ1v) is 8.17. The van der Waals surface area contributed by atoms with Crippen molar-refractivity contribution < 1.29 is 22.5 Å². The number of aromatic nitrogens is 1. The molecule has 2 rings (SSSR count). The highest BCUT2D eigenvalue weighted by molar-refractivity contribution is 7.80. The maximum absolute atomic E-state index is 12.6. The van der Waals surface area contributed by atoms with E-state index in [-0.39, 0.29) is 5.01 Å². The molecule has 1 aliphatic heterocycles. The van der Waals surface area contributed by atoms with E-state index in [2.05, 4.69) is 17.6 Å². The third-order valence-corrected chi connectivity index (χ3v) is 5.02. The maximum atomic E-state index is 12.6. The molecule has 1 aromatic heterocycles. The lowest BCUT2D eigenvalue weighted by molar-refractivity contribution is -0.140. The van der Waals surface area contributed by atoms with E-state index in [1.165, 1.54) is 0 Å². The summed E-state index contributed by atoms with van der Waals surface area (Å²) < 4.78 is 49.5. The van der Waals surface area contributed by atoms with E-state index in [1.807, 2.05) is 27.7 Å². The number of hydrogen-bond donors (Lipinski definition) is 1. The van der Waals surface area contributed by atoms with Gasteiger partial charge in [0.1, 0.15) is 5.01 Å². The van der Waals surface area contributed by atoms with E-state index in [1.54, 1.807) is 6.08 Å². The van der Waals surface area contributed by atoms with Gasteiger partial charge in [-0.25, -0.2) is 4.98 Å². The predicted octanol–water partition coefficient (Wildman–Crippen LogP) is 4.11. The van der Waals surface area contributed by atoms with Crippen LogP contribution in [0.1, 0.15) is 38.4 Å². The zero-order valence-corrected chi connectivity index (χ0v) is 14.4. The maximum Gasteiger partial charge on any atom is 0.491 e.